The van der Waals surface area contributed by atoms with Crippen LogP contribution in [0.4, 0.5) is 5.69 Å². The molecule has 0 radical (unpaired) electrons. The van der Waals surface area contributed by atoms with Crippen LogP contribution in [0.15, 0.2) is 23.4 Å². The van der Waals surface area contributed by atoms with Crippen molar-refractivity contribution in [2.75, 3.05) is 11.5 Å². The van der Waals surface area contributed by atoms with Crippen molar-refractivity contribution >= 4 is 26.6 Å². The molecule has 2 aromatic rings. The second-order valence-corrected chi connectivity index (χ2v) is 6.89. The first-order valence-electron chi connectivity index (χ1n) is 6.02. The number of fused-ring (bicyclic) bond motifs is 1. The molecule has 1 heterocycles. The summed E-state index contributed by atoms with van der Waals surface area (Å²) in [4.78, 5) is 6.97. The van der Waals surface area contributed by atoms with Crippen LogP contribution in [0.2, 0.25) is 0 Å². The highest BCUT2D eigenvalue weighted by molar-refractivity contribution is 7.91. The fraction of sp³-hybridized carbons (Fsp3) is 0.417. The summed E-state index contributed by atoms with van der Waals surface area (Å²) in [6, 6.07) is 5.13. The number of nitrogen functional groups attached to an aromatic ring is 1. The van der Waals surface area contributed by atoms with E-state index in [1.165, 1.54) is 0 Å². The van der Waals surface area contributed by atoms with Gasteiger partial charge in [0.25, 0.3) is 0 Å². The zero-order chi connectivity index (χ0) is 12.8. The van der Waals surface area contributed by atoms with E-state index in [9.17, 15) is 8.42 Å². The number of nitrogens with zero attached hydrogens (tertiary/aromatic N) is 1. The summed E-state index contributed by atoms with van der Waals surface area (Å²) >= 11 is 0. The van der Waals surface area contributed by atoms with Crippen LogP contribution >= 0.6 is 0 Å². The van der Waals surface area contributed by atoms with Gasteiger partial charge >= 0.3 is 0 Å². The normalized spacial score (nSPS) is 16.2. The van der Waals surface area contributed by atoms with Crippen molar-refractivity contribution in [1.82, 2.24) is 9.97 Å². The molecule has 0 amide bonds. The average Bonchev–Trinajstić information content (AvgIpc) is 3.05. The Morgan fingerprint density at radius 3 is 2.89 bits per heavy atom. The van der Waals surface area contributed by atoms with Crippen LogP contribution in [-0.4, -0.2) is 24.1 Å². The maximum atomic E-state index is 12.1. The van der Waals surface area contributed by atoms with Gasteiger partial charge in [0, 0.05) is 5.69 Å². The van der Waals surface area contributed by atoms with Crippen LogP contribution in [-0.2, 0) is 9.84 Å². The molecule has 5 nitrogen and oxygen atoms in total. The van der Waals surface area contributed by atoms with Gasteiger partial charge in [-0.25, -0.2) is 13.4 Å². The first kappa shape index (κ1) is 11.5. The zero-order valence-corrected chi connectivity index (χ0v) is 10.7. The lowest BCUT2D eigenvalue weighted by atomic mass is 10.3. The highest BCUT2D eigenvalue weighted by Gasteiger charge is 2.26. The molecule has 0 aliphatic heterocycles. The Morgan fingerprint density at radius 2 is 2.17 bits per heavy atom. The lowest BCUT2D eigenvalue weighted by molar-refractivity contribution is 0.583. The van der Waals surface area contributed by atoms with Crippen molar-refractivity contribution in [3.63, 3.8) is 0 Å². The van der Waals surface area contributed by atoms with Gasteiger partial charge in [0.05, 0.1) is 16.8 Å². The highest BCUT2D eigenvalue weighted by Crippen LogP contribution is 2.33. The summed E-state index contributed by atoms with van der Waals surface area (Å²) in [6.45, 7) is 0. The number of benzene rings is 1. The predicted molar refractivity (Wildman–Crippen MR) is 69.9 cm³/mol. The number of hydrogen-bond donors (Lipinski definition) is 2. The standard InChI is InChI=1S/C12H15N3O2S/c13-9-3-4-10-11(7-9)15-12(14-10)18(16,17)6-5-8-1-2-8/h3-4,7-8H,1-2,5-6,13H2,(H,14,15). The van der Waals surface area contributed by atoms with Gasteiger partial charge in [-0.1, -0.05) is 12.8 Å². The van der Waals surface area contributed by atoms with Crippen LogP contribution in [0.1, 0.15) is 19.3 Å². The van der Waals surface area contributed by atoms with Crippen molar-refractivity contribution in [3.8, 4) is 0 Å². The van der Waals surface area contributed by atoms with Gasteiger partial charge in [-0.2, -0.15) is 0 Å². The fourth-order valence-corrected chi connectivity index (χ4v) is 3.32. The minimum absolute atomic E-state index is 0.0590. The third-order valence-corrected chi connectivity index (χ3v) is 4.83. The number of aromatic nitrogens is 2. The number of hydrogen-bond acceptors (Lipinski definition) is 4. The lowest BCUT2D eigenvalue weighted by Crippen LogP contribution is -2.09. The number of rotatable bonds is 4. The number of imidazole rings is 1. The van der Waals surface area contributed by atoms with Gasteiger partial charge < -0.3 is 10.7 Å². The zero-order valence-electron chi connectivity index (χ0n) is 9.89. The summed E-state index contributed by atoms with van der Waals surface area (Å²) in [5.41, 5.74) is 7.54. The Balaban J connectivity index is 1.92. The molecule has 1 aromatic heterocycles. The molecule has 3 N–H and O–H groups in total. The number of sulfone groups is 1. The van der Waals surface area contributed by atoms with E-state index in [2.05, 4.69) is 9.97 Å². The molecule has 3 rings (SSSR count). The molecular formula is C12H15N3O2S. The van der Waals surface area contributed by atoms with Crippen LogP contribution in [0.5, 0.6) is 0 Å². The monoisotopic (exact) mass is 265 g/mol. The summed E-state index contributed by atoms with van der Waals surface area (Å²) in [6.07, 6.45) is 3.06. The summed E-state index contributed by atoms with van der Waals surface area (Å²) in [5.74, 6) is 0.771. The van der Waals surface area contributed by atoms with Gasteiger partial charge in [0.2, 0.25) is 15.0 Å². The van der Waals surface area contributed by atoms with E-state index in [0.717, 1.165) is 19.3 Å². The first-order chi connectivity index (χ1) is 8.54. The summed E-state index contributed by atoms with van der Waals surface area (Å²) in [5, 5.41) is 0.0590. The molecule has 1 aliphatic carbocycles. The molecule has 18 heavy (non-hydrogen) atoms. The molecule has 1 aliphatic rings. The van der Waals surface area contributed by atoms with Crippen LogP contribution in [0.3, 0.4) is 0 Å². The van der Waals surface area contributed by atoms with Crippen molar-refractivity contribution in [2.24, 2.45) is 5.92 Å². The van der Waals surface area contributed by atoms with E-state index in [-0.39, 0.29) is 10.9 Å². The average molecular weight is 265 g/mol. The van der Waals surface area contributed by atoms with E-state index in [4.69, 9.17) is 5.73 Å². The van der Waals surface area contributed by atoms with Gasteiger partial charge in [0.15, 0.2) is 0 Å². The molecule has 6 heteroatoms. The molecule has 0 spiro atoms. The van der Waals surface area contributed by atoms with Gasteiger partial charge in [-0.15, -0.1) is 0 Å². The Hall–Kier alpha value is -1.56. The number of aromatic amines is 1. The first-order valence-corrected chi connectivity index (χ1v) is 7.68. The SMILES string of the molecule is Nc1ccc2nc(S(=O)(=O)CCC3CC3)[nH]c2c1. The maximum Gasteiger partial charge on any atom is 0.226 e. The Morgan fingerprint density at radius 1 is 1.39 bits per heavy atom. The molecule has 0 bridgehead atoms. The quantitative estimate of drug-likeness (QED) is 0.824. The topological polar surface area (TPSA) is 88.8 Å². The van der Waals surface area contributed by atoms with Crippen LogP contribution < -0.4 is 5.73 Å². The minimum atomic E-state index is -3.30. The maximum absolute atomic E-state index is 12.1. The molecule has 96 valence electrons. The summed E-state index contributed by atoms with van der Waals surface area (Å²) < 4.78 is 24.2. The predicted octanol–water partition coefficient (Wildman–Crippen LogP) is 1.72. The number of anilines is 1. The number of H-pyrrole nitrogens is 1. The summed E-state index contributed by atoms with van der Waals surface area (Å²) in [7, 11) is -3.30. The second kappa shape index (κ2) is 3.98. The van der Waals surface area contributed by atoms with Crippen molar-refractivity contribution in [2.45, 2.75) is 24.4 Å². The largest absolute Gasteiger partial charge is 0.399 e. The van der Waals surface area contributed by atoms with Gasteiger partial charge in [0.1, 0.15) is 0 Å². The van der Waals surface area contributed by atoms with E-state index >= 15 is 0 Å². The Kier molecular flexibility index (Phi) is 2.55. The molecule has 0 saturated heterocycles. The molecule has 1 saturated carbocycles. The van der Waals surface area contributed by atoms with Crippen molar-refractivity contribution in [3.05, 3.63) is 18.2 Å². The van der Waals surface area contributed by atoms with Gasteiger partial charge in [-0.05, 0) is 30.5 Å². The molecule has 0 unspecified atom stereocenters. The minimum Gasteiger partial charge on any atom is -0.399 e. The molecule has 0 atom stereocenters. The Labute approximate surface area is 105 Å². The van der Waals surface area contributed by atoms with E-state index in [1.807, 2.05) is 0 Å². The van der Waals surface area contributed by atoms with Crippen molar-refractivity contribution in [1.29, 1.82) is 0 Å². The Bertz CT molecular complexity index is 686. The highest BCUT2D eigenvalue weighted by atomic mass is 32.2. The van der Waals surface area contributed by atoms with Crippen LogP contribution in [0.25, 0.3) is 11.0 Å². The van der Waals surface area contributed by atoms with Gasteiger partial charge in [-0.3, -0.25) is 0 Å². The number of nitrogens with two attached hydrogens (primary N) is 1. The van der Waals surface area contributed by atoms with E-state index in [0.29, 0.717) is 22.6 Å². The van der Waals surface area contributed by atoms with E-state index in [1.54, 1.807) is 18.2 Å². The smallest absolute Gasteiger partial charge is 0.226 e. The molecular weight excluding hydrogens is 250 g/mol. The third kappa shape index (κ3) is 2.20. The molecule has 1 aromatic carbocycles. The van der Waals surface area contributed by atoms with Crippen molar-refractivity contribution < 1.29 is 8.42 Å². The lowest BCUT2D eigenvalue weighted by Gasteiger charge is -1.98. The fourth-order valence-electron chi connectivity index (χ4n) is 1.98. The van der Waals surface area contributed by atoms with E-state index < -0.39 is 9.84 Å². The third-order valence-electron chi connectivity index (χ3n) is 3.27. The number of nitrogens with one attached hydrogen (secondary N) is 1. The second-order valence-electron chi connectivity index (χ2n) is 4.87. The van der Waals surface area contributed by atoms with Crippen LogP contribution in [0, 0.1) is 5.92 Å². The molecule has 1 fully saturated rings.